The third-order valence-corrected chi connectivity index (χ3v) is 3.29. The third-order valence-electron chi connectivity index (χ3n) is 3.29. The van der Waals surface area contributed by atoms with Crippen LogP contribution in [0.1, 0.15) is 19.4 Å². The van der Waals surface area contributed by atoms with Crippen LogP contribution in [0.4, 0.5) is 5.69 Å². The third kappa shape index (κ3) is 5.05. The van der Waals surface area contributed by atoms with Crippen molar-refractivity contribution in [3.63, 3.8) is 0 Å². The molecule has 2 aromatic carbocycles. The molecular weight excluding hydrogens is 306 g/mol. The second-order valence-electron chi connectivity index (χ2n) is 5.78. The number of carbonyl (C=O) groups excluding carboxylic acids is 1. The Hall–Kier alpha value is -2.95. The van der Waals surface area contributed by atoms with E-state index in [1.807, 2.05) is 38.1 Å². The summed E-state index contributed by atoms with van der Waals surface area (Å²) in [6.45, 7) is 4.37. The van der Waals surface area contributed by atoms with Gasteiger partial charge in [-0.3, -0.25) is 10.1 Å². The van der Waals surface area contributed by atoms with E-state index in [4.69, 9.17) is 4.74 Å². The van der Waals surface area contributed by atoms with Gasteiger partial charge in [0.05, 0.1) is 11.5 Å². The summed E-state index contributed by atoms with van der Waals surface area (Å²) in [5.74, 6) is -0.0496. The van der Waals surface area contributed by atoms with E-state index >= 15 is 0 Å². The van der Waals surface area contributed by atoms with Crippen molar-refractivity contribution in [2.45, 2.75) is 13.8 Å². The molecule has 0 atom stereocenters. The lowest BCUT2D eigenvalue weighted by Gasteiger charge is -2.04. The first-order valence-electron chi connectivity index (χ1n) is 7.65. The molecule has 124 valence electrons. The smallest absolute Gasteiger partial charge is 0.330 e. The average Bonchev–Trinajstić information content (AvgIpc) is 2.58. The van der Waals surface area contributed by atoms with E-state index in [0.717, 1.165) is 16.7 Å². The molecule has 0 N–H and O–H groups in total. The molecule has 0 radical (unpaired) electrons. The van der Waals surface area contributed by atoms with Crippen LogP contribution in [0.5, 0.6) is 0 Å². The topological polar surface area (TPSA) is 69.4 Å². The second kappa shape index (κ2) is 8.06. The summed E-state index contributed by atoms with van der Waals surface area (Å²) < 4.78 is 5.07. The van der Waals surface area contributed by atoms with E-state index in [2.05, 4.69) is 0 Å². The first-order valence-corrected chi connectivity index (χ1v) is 7.65. The van der Waals surface area contributed by atoms with Gasteiger partial charge in [0.25, 0.3) is 5.69 Å². The quantitative estimate of drug-likeness (QED) is 0.340. The Morgan fingerprint density at radius 1 is 1.08 bits per heavy atom. The van der Waals surface area contributed by atoms with Crippen LogP contribution in [-0.2, 0) is 9.53 Å². The van der Waals surface area contributed by atoms with Gasteiger partial charge in [0, 0.05) is 18.2 Å². The zero-order chi connectivity index (χ0) is 17.5. The van der Waals surface area contributed by atoms with Gasteiger partial charge in [-0.15, -0.1) is 0 Å². The van der Waals surface area contributed by atoms with E-state index in [1.165, 1.54) is 18.2 Å². The van der Waals surface area contributed by atoms with E-state index in [-0.39, 0.29) is 11.7 Å². The fourth-order valence-corrected chi connectivity index (χ4v) is 2.02. The lowest BCUT2D eigenvalue weighted by Crippen LogP contribution is -2.06. The molecule has 0 spiro atoms. The van der Waals surface area contributed by atoms with Crippen LogP contribution in [0.3, 0.4) is 0 Å². The fourth-order valence-electron chi connectivity index (χ4n) is 2.02. The van der Waals surface area contributed by atoms with Gasteiger partial charge in [-0.1, -0.05) is 38.1 Å². The minimum Gasteiger partial charge on any atom is -0.462 e. The molecule has 5 nitrogen and oxygen atoms in total. The Morgan fingerprint density at radius 3 is 2.12 bits per heavy atom. The number of hydrogen-bond donors (Lipinski definition) is 0. The highest BCUT2D eigenvalue weighted by Crippen LogP contribution is 2.23. The lowest BCUT2D eigenvalue weighted by atomic mass is 10.0. The van der Waals surface area contributed by atoms with Gasteiger partial charge in [0.2, 0.25) is 0 Å². The van der Waals surface area contributed by atoms with Crippen LogP contribution in [0, 0.1) is 16.0 Å². The van der Waals surface area contributed by atoms with Gasteiger partial charge >= 0.3 is 5.97 Å². The highest BCUT2D eigenvalue weighted by molar-refractivity contribution is 5.87. The van der Waals surface area contributed by atoms with Crippen molar-refractivity contribution in [1.29, 1.82) is 0 Å². The molecule has 0 aliphatic carbocycles. The van der Waals surface area contributed by atoms with Crippen molar-refractivity contribution in [3.05, 3.63) is 70.3 Å². The molecule has 24 heavy (non-hydrogen) atoms. The highest BCUT2D eigenvalue weighted by Gasteiger charge is 2.05. The fraction of sp³-hybridized carbons (Fsp3) is 0.211. The Bertz CT molecular complexity index is 731. The first-order chi connectivity index (χ1) is 11.5. The molecular formula is C19H19NO4. The molecule has 0 bridgehead atoms. The molecule has 0 aliphatic rings. The van der Waals surface area contributed by atoms with Crippen molar-refractivity contribution in [1.82, 2.24) is 0 Å². The van der Waals surface area contributed by atoms with E-state index in [9.17, 15) is 14.9 Å². The van der Waals surface area contributed by atoms with Crippen LogP contribution >= 0.6 is 0 Å². The largest absolute Gasteiger partial charge is 0.462 e. The minimum absolute atomic E-state index is 0.0678. The molecule has 2 rings (SSSR count). The van der Waals surface area contributed by atoms with Gasteiger partial charge in [-0.25, -0.2) is 4.79 Å². The average molecular weight is 325 g/mol. The normalized spacial score (nSPS) is 11.0. The Balaban J connectivity index is 2.02. The standard InChI is InChI=1S/C19H19NO4/c1-14(2)13-24-19(21)12-5-15-3-6-16(7-4-15)17-8-10-18(11-9-17)20(22)23/h3-12,14H,13H2,1-2H3. The van der Waals surface area contributed by atoms with Crippen molar-refractivity contribution >= 4 is 17.7 Å². The number of nitrogens with zero attached hydrogens (tertiary/aromatic N) is 1. The summed E-state index contributed by atoms with van der Waals surface area (Å²) in [6, 6.07) is 14.0. The summed E-state index contributed by atoms with van der Waals surface area (Å²) in [7, 11) is 0. The molecule has 0 heterocycles. The maximum Gasteiger partial charge on any atom is 0.330 e. The molecule has 0 aromatic heterocycles. The number of nitro benzene ring substituents is 1. The molecule has 0 fully saturated rings. The van der Waals surface area contributed by atoms with Crippen LogP contribution < -0.4 is 0 Å². The van der Waals surface area contributed by atoms with Crippen LogP contribution in [-0.4, -0.2) is 17.5 Å². The Kier molecular flexibility index (Phi) is 5.84. The number of ether oxygens (including phenoxy) is 1. The van der Waals surface area contributed by atoms with Crippen molar-refractivity contribution < 1.29 is 14.5 Å². The number of non-ortho nitro benzene ring substituents is 1. The number of hydrogen-bond acceptors (Lipinski definition) is 4. The zero-order valence-electron chi connectivity index (χ0n) is 13.6. The highest BCUT2D eigenvalue weighted by atomic mass is 16.6. The number of nitro groups is 1. The van der Waals surface area contributed by atoms with Crippen LogP contribution in [0.2, 0.25) is 0 Å². The number of benzene rings is 2. The molecule has 0 aliphatic heterocycles. The van der Waals surface area contributed by atoms with Crippen molar-refractivity contribution in [3.8, 4) is 11.1 Å². The monoisotopic (exact) mass is 325 g/mol. The SMILES string of the molecule is CC(C)COC(=O)C=Cc1ccc(-c2ccc([N+](=O)[O-])cc2)cc1. The van der Waals surface area contributed by atoms with Crippen molar-refractivity contribution in [2.75, 3.05) is 6.61 Å². The maximum absolute atomic E-state index is 11.5. The predicted octanol–water partition coefficient (Wildman–Crippen LogP) is 4.47. The molecule has 0 saturated carbocycles. The zero-order valence-corrected chi connectivity index (χ0v) is 13.6. The van der Waals surface area contributed by atoms with Gasteiger partial charge in [0.1, 0.15) is 0 Å². The van der Waals surface area contributed by atoms with Gasteiger partial charge in [0.15, 0.2) is 0 Å². The Morgan fingerprint density at radius 2 is 1.62 bits per heavy atom. The van der Waals surface area contributed by atoms with Gasteiger partial charge < -0.3 is 4.74 Å². The summed E-state index contributed by atoms with van der Waals surface area (Å²) in [5, 5.41) is 10.7. The maximum atomic E-state index is 11.5. The second-order valence-corrected chi connectivity index (χ2v) is 5.78. The number of esters is 1. The van der Waals surface area contributed by atoms with Crippen molar-refractivity contribution in [2.24, 2.45) is 5.92 Å². The number of rotatable bonds is 6. The lowest BCUT2D eigenvalue weighted by molar-refractivity contribution is -0.384. The molecule has 0 unspecified atom stereocenters. The molecule has 0 saturated heterocycles. The summed E-state index contributed by atoms with van der Waals surface area (Å²) >= 11 is 0. The van der Waals surface area contributed by atoms with Gasteiger partial charge in [-0.05, 0) is 40.8 Å². The van der Waals surface area contributed by atoms with E-state index in [0.29, 0.717) is 12.5 Å². The first kappa shape index (κ1) is 17.4. The van der Waals surface area contributed by atoms with Crippen LogP contribution in [0.15, 0.2) is 54.6 Å². The molecule has 0 amide bonds. The summed E-state index contributed by atoms with van der Waals surface area (Å²) in [6.07, 6.45) is 3.10. The minimum atomic E-state index is -0.421. The Labute approximate surface area is 140 Å². The van der Waals surface area contributed by atoms with E-state index in [1.54, 1.807) is 18.2 Å². The number of carbonyl (C=O) groups is 1. The van der Waals surface area contributed by atoms with Gasteiger partial charge in [-0.2, -0.15) is 0 Å². The predicted molar refractivity (Wildman–Crippen MR) is 93.4 cm³/mol. The molecule has 2 aromatic rings. The summed E-state index contributed by atoms with van der Waals surface area (Å²) in [5.41, 5.74) is 2.79. The summed E-state index contributed by atoms with van der Waals surface area (Å²) in [4.78, 5) is 21.8. The van der Waals surface area contributed by atoms with E-state index < -0.39 is 4.92 Å². The van der Waals surface area contributed by atoms with Crippen LogP contribution in [0.25, 0.3) is 17.2 Å². The molecule has 5 heteroatoms.